The van der Waals surface area contributed by atoms with E-state index in [2.05, 4.69) is 10.6 Å². The fourth-order valence-electron chi connectivity index (χ4n) is 5.30. The van der Waals surface area contributed by atoms with Gasteiger partial charge in [0, 0.05) is 50.9 Å². The molecule has 9 nitrogen and oxygen atoms in total. The molecule has 190 valence electrons. The van der Waals surface area contributed by atoms with Gasteiger partial charge >= 0.3 is 0 Å². The highest BCUT2D eigenvalue weighted by Gasteiger charge is 2.40. The second-order valence-electron chi connectivity index (χ2n) is 10.1. The van der Waals surface area contributed by atoms with Crippen molar-refractivity contribution in [3.63, 3.8) is 0 Å². The molecule has 35 heavy (non-hydrogen) atoms. The van der Waals surface area contributed by atoms with Crippen LogP contribution >= 0.6 is 0 Å². The van der Waals surface area contributed by atoms with Gasteiger partial charge in [0.25, 0.3) is 5.91 Å². The van der Waals surface area contributed by atoms with Crippen molar-refractivity contribution in [2.45, 2.75) is 57.0 Å². The molecule has 1 aromatic carbocycles. The number of carbonyl (C=O) groups is 4. The predicted molar refractivity (Wildman–Crippen MR) is 133 cm³/mol. The summed E-state index contributed by atoms with van der Waals surface area (Å²) in [5.41, 5.74) is 1.47. The molecule has 0 spiro atoms. The molecule has 2 saturated heterocycles. The molecule has 3 fully saturated rings. The van der Waals surface area contributed by atoms with Gasteiger partial charge in [-0.1, -0.05) is 19.3 Å². The normalized spacial score (nSPS) is 23.4. The zero-order valence-electron chi connectivity index (χ0n) is 20.8. The number of hydrogen-bond donors (Lipinski definition) is 2. The number of nitrogens with zero attached hydrogens (tertiary/aromatic N) is 3. The average molecular weight is 484 g/mol. The third-order valence-electron chi connectivity index (χ3n) is 7.44. The first-order chi connectivity index (χ1) is 16.8. The van der Waals surface area contributed by atoms with Crippen LogP contribution in [0.25, 0.3) is 0 Å². The van der Waals surface area contributed by atoms with E-state index < -0.39 is 12.1 Å². The maximum atomic E-state index is 13.5. The Hall–Kier alpha value is -3.10. The molecule has 9 heteroatoms. The second-order valence-corrected chi connectivity index (χ2v) is 10.1. The van der Waals surface area contributed by atoms with Crippen LogP contribution in [0, 0.1) is 5.92 Å². The molecule has 0 bridgehead atoms. The molecule has 1 aliphatic carbocycles. The van der Waals surface area contributed by atoms with Crippen molar-refractivity contribution in [3.8, 4) is 0 Å². The first-order valence-corrected chi connectivity index (χ1v) is 12.8. The third-order valence-corrected chi connectivity index (χ3v) is 7.44. The van der Waals surface area contributed by atoms with E-state index in [0.717, 1.165) is 44.2 Å². The molecule has 4 amide bonds. The summed E-state index contributed by atoms with van der Waals surface area (Å²) in [5.74, 6) is -0.745. The number of rotatable bonds is 5. The maximum Gasteiger partial charge on any atom is 0.254 e. The van der Waals surface area contributed by atoms with Gasteiger partial charge in [-0.25, -0.2) is 0 Å². The van der Waals surface area contributed by atoms with Crippen molar-refractivity contribution in [2.24, 2.45) is 5.92 Å². The molecule has 2 atom stereocenters. The first kappa shape index (κ1) is 25.0. The molecular formula is C26H37N5O4. The summed E-state index contributed by atoms with van der Waals surface area (Å²) in [5, 5.41) is 5.63. The van der Waals surface area contributed by atoms with Crippen molar-refractivity contribution in [1.29, 1.82) is 0 Å². The molecule has 2 unspecified atom stereocenters. The molecule has 3 aliphatic rings. The monoisotopic (exact) mass is 483 g/mol. The van der Waals surface area contributed by atoms with E-state index in [1.807, 2.05) is 31.1 Å². The van der Waals surface area contributed by atoms with Crippen molar-refractivity contribution in [2.75, 3.05) is 45.2 Å². The molecular weight excluding hydrogens is 446 g/mol. The van der Waals surface area contributed by atoms with Crippen LogP contribution < -0.4 is 15.5 Å². The van der Waals surface area contributed by atoms with Gasteiger partial charge in [-0.15, -0.1) is 0 Å². The molecule has 2 heterocycles. The standard InChI is InChI=1S/C26H37N5O4/c1-29(2)20-12-10-19(11-13-20)26(35)31-16-15-30(25(34)18-7-4-3-5-8-18)17-22(31)24(33)28-21-9-6-14-27-23(21)32/h10-13,18,21-22H,3-9,14-17H2,1-2H3,(H,27,32)(H,28,33). The number of carbonyl (C=O) groups excluding carboxylic acids is 4. The van der Waals surface area contributed by atoms with Crippen molar-refractivity contribution >= 4 is 29.3 Å². The van der Waals surface area contributed by atoms with Crippen LogP contribution in [0.2, 0.25) is 0 Å². The van der Waals surface area contributed by atoms with E-state index in [1.165, 1.54) is 0 Å². The summed E-state index contributed by atoms with van der Waals surface area (Å²) in [4.78, 5) is 57.6. The van der Waals surface area contributed by atoms with Gasteiger partial charge in [-0.2, -0.15) is 0 Å². The van der Waals surface area contributed by atoms with E-state index in [1.54, 1.807) is 21.9 Å². The SMILES string of the molecule is CN(C)c1ccc(C(=O)N2CCN(C(=O)C3CCCCC3)CC2C(=O)NC2CCCNC2=O)cc1. The topological polar surface area (TPSA) is 102 Å². The number of nitrogens with one attached hydrogen (secondary N) is 2. The van der Waals surface area contributed by atoms with Crippen molar-refractivity contribution < 1.29 is 19.2 Å². The minimum atomic E-state index is -0.841. The van der Waals surface area contributed by atoms with Crippen LogP contribution in [-0.4, -0.2) is 85.8 Å². The smallest absolute Gasteiger partial charge is 0.254 e. The van der Waals surface area contributed by atoms with Crippen LogP contribution in [0.5, 0.6) is 0 Å². The summed E-state index contributed by atoms with van der Waals surface area (Å²) < 4.78 is 0. The van der Waals surface area contributed by atoms with Gasteiger partial charge < -0.3 is 25.3 Å². The van der Waals surface area contributed by atoms with Gasteiger partial charge in [-0.05, 0) is 49.9 Å². The van der Waals surface area contributed by atoms with E-state index in [9.17, 15) is 19.2 Å². The fraction of sp³-hybridized carbons (Fsp3) is 0.615. The fourth-order valence-corrected chi connectivity index (χ4v) is 5.30. The lowest BCUT2D eigenvalue weighted by Gasteiger charge is -2.42. The zero-order valence-corrected chi connectivity index (χ0v) is 20.8. The Labute approximate surface area is 207 Å². The molecule has 0 aromatic heterocycles. The lowest BCUT2D eigenvalue weighted by Crippen LogP contribution is -2.64. The Balaban J connectivity index is 1.52. The number of piperazine rings is 1. The van der Waals surface area contributed by atoms with Gasteiger partial charge in [0.15, 0.2) is 0 Å². The molecule has 2 aliphatic heterocycles. The Kier molecular flexibility index (Phi) is 7.93. The lowest BCUT2D eigenvalue weighted by atomic mass is 9.88. The summed E-state index contributed by atoms with van der Waals surface area (Å²) in [6.45, 7) is 1.44. The molecule has 4 rings (SSSR count). The van der Waals surface area contributed by atoms with Crippen LogP contribution in [0.15, 0.2) is 24.3 Å². The Bertz CT molecular complexity index is 942. The highest BCUT2D eigenvalue weighted by molar-refractivity contribution is 5.99. The van der Waals surface area contributed by atoms with E-state index >= 15 is 0 Å². The summed E-state index contributed by atoms with van der Waals surface area (Å²) >= 11 is 0. The minimum absolute atomic E-state index is 0.00240. The quantitative estimate of drug-likeness (QED) is 0.659. The molecule has 0 radical (unpaired) electrons. The van der Waals surface area contributed by atoms with Gasteiger partial charge in [0.2, 0.25) is 17.7 Å². The highest BCUT2D eigenvalue weighted by atomic mass is 16.2. The van der Waals surface area contributed by atoms with Gasteiger partial charge in [0.1, 0.15) is 12.1 Å². The molecule has 1 aromatic rings. The third kappa shape index (κ3) is 5.77. The minimum Gasteiger partial charge on any atom is -0.378 e. The second kappa shape index (κ2) is 11.1. The van der Waals surface area contributed by atoms with Crippen LogP contribution in [0.1, 0.15) is 55.3 Å². The van der Waals surface area contributed by atoms with Crippen molar-refractivity contribution in [1.82, 2.24) is 20.4 Å². The zero-order chi connectivity index (χ0) is 24.9. The van der Waals surface area contributed by atoms with Crippen LogP contribution in [0.3, 0.4) is 0 Å². The van der Waals surface area contributed by atoms with Crippen LogP contribution in [0.4, 0.5) is 5.69 Å². The molecule has 2 N–H and O–H groups in total. The Morgan fingerprint density at radius 3 is 2.34 bits per heavy atom. The predicted octanol–water partition coefficient (Wildman–Crippen LogP) is 1.38. The molecule has 1 saturated carbocycles. The van der Waals surface area contributed by atoms with Crippen LogP contribution in [-0.2, 0) is 14.4 Å². The Morgan fingerprint density at radius 1 is 0.971 bits per heavy atom. The van der Waals surface area contributed by atoms with E-state index in [0.29, 0.717) is 25.1 Å². The largest absolute Gasteiger partial charge is 0.378 e. The average Bonchev–Trinajstić information content (AvgIpc) is 2.89. The number of anilines is 1. The number of amides is 4. The summed E-state index contributed by atoms with van der Waals surface area (Å²) in [7, 11) is 3.86. The number of benzene rings is 1. The van der Waals surface area contributed by atoms with E-state index in [-0.39, 0.29) is 42.6 Å². The number of piperidine rings is 1. The maximum absolute atomic E-state index is 13.5. The summed E-state index contributed by atoms with van der Waals surface area (Å²) in [6.07, 6.45) is 6.39. The van der Waals surface area contributed by atoms with Crippen molar-refractivity contribution in [3.05, 3.63) is 29.8 Å². The van der Waals surface area contributed by atoms with E-state index in [4.69, 9.17) is 0 Å². The highest BCUT2D eigenvalue weighted by Crippen LogP contribution is 2.27. The number of hydrogen-bond acceptors (Lipinski definition) is 5. The summed E-state index contributed by atoms with van der Waals surface area (Å²) in [6, 6.07) is 5.82. The van der Waals surface area contributed by atoms with Gasteiger partial charge in [0.05, 0.1) is 6.54 Å². The first-order valence-electron chi connectivity index (χ1n) is 12.8. The van der Waals surface area contributed by atoms with Gasteiger partial charge in [-0.3, -0.25) is 19.2 Å². The lowest BCUT2D eigenvalue weighted by molar-refractivity contribution is -0.142. The Morgan fingerprint density at radius 2 is 1.69 bits per heavy atom.